The van der Waals surface area contributed by atoms with E-state index in [1.165, 1.54) is 60.3 Å². The Morgan fingerprint density at radius 3 is 2.61 bits per heavy atom. The zero-order valence-corrected chi connectivity index (χ0v) is 18.3. The Morgan fingerprint density at radius 1 is 1.04 bits per heavy atom. The van der Waals surface area contributed by atoms with E-state index < -0.39 is 0 Å². The summed E-state index contributed by atoms with van der Waals surface area (Å²) in [6.45, 7) is 2.58. The highest BCUT2D eigenvalue weighted by atomic mass is 32.2. The first-order valence-electron chi connectivity index (χ1n) is 10.7. The van der Waals surface area contributed by atoms with Crippen molar-refractivity contribution < 1.29 is 5.11 Å². The highest BCUT2D eigenvalue weighted by Crippen LogP contribution is 2.66. The number of aromatic hydroxyl groups is 1. The van der Waals surface area contributed by atoms with Crippen LogP contribution < -0.4 is 0 Å². The summed E-state index contributed by atoms with van der Waals surface area (Å²) in [6, 6.07) is 17.2. The molecule has 3 atom stereocenters. The smallest absolute Gasteiger partial charge is 0.115 e. The van der Waals surface area contributed by atoms with Gasteiger partial charge in [0.1, 0.15) is 5.75 Å². The molecule has 1 heterocycles. The quantitative estimate of drug-likeness (QED) is 0.612. The number of hydrogen-bond donors (Lipinski definition) is 1. The van der Waals surface area contributed by atoms with E-state index in [2.05, 4.69) is 66.8 Å². The Bertz CT molecular complexity index is 843. The van der Waals surface area contributed by atoms with E-state index in [4.69, 9.17) is 0 Å². The maximum atomic E-state index is 10.0. The molecule has 1 saturated heterocycles. The van der Waals surface area contributed by atoms with Crippen LogP contribution in [0.15, 0.2) is 48.5 Å². The van der Waals surface area contributed by atoms with E-state index in [1.807, 2.05) is 12.1 Å². The minimum absolute atomic E-state index is 0.383. The summed E-state index contributed by atoms with van der Waals surface area (Å²) in [5.41, 5.74) is 4.79. The summed E-state index contributed by atoms with van der Waals surface area (Å²) < 4.78 is 0.415. The van der Waals surface area contributed by atoms with Crippen LogP contribution in [0.2, 0.25) is 0 Å². The maximum absolute atomic E-state index is 10.0. The van der Waals surface area contributed by atoms with Gasteiger partial charge in [0.2, 0.25) is 0 Å². The molecule has 3 aliphatic rings. The van der Waals surface area contributed by atoms with Crippen LogP contribution in [0.3, 0.4) is 0 Å². The van der Waals surface area contributed by atoms with E-state index >= 15 is 0 Å². The summed E-state index contributed by atoms with van der Waals surface area (Å²) >= 11 is 4.47. The number of thioether (sulfide) groups is 2. The molecule has 1 unspecified atom stereocenters. The van der Waals surface area contributed by atoms with Crippen LogP contribution in [0.4, 0.5) is 0 Å². The van der Waals surface area contributed by atoms with E-state index in [0.717, 1.165) is 12.3 Å². The lowest BCUT2D eigenvalue weighted by atomic mass is 9.53. The highest BCUT2D eigenvalue weighted by molar-refractivity contribution is 8.21. The van der Waals surface area contributed by atoms with Gasteiger partial charge in [-0.2, -0.15) is 0 Å². The molecule has 3 heteroatoms. The summed E-state index contributed by atoms with van der Waals surface area (Å²) in [7, 11) is 0. The first kappa shape index (κ1) is 18.9. The second-order valence-electron chi connectivity index (χ2n) is 9.18. The monoisotopic (exact) mass is 410 g/mol. The van der Waals surface area contributed by atoms with Gasteiger partial charge in [0.25, 0.3) is 0 Å². The van der Waals surface area contributed by atoms with Gasteiger partial charge in [-0.1, -0.05) is 43.3 Å². The Labute approximate surface area is 177 Å². The van der Waals surface area contributed by atoms with Crippen molar-refractivity contribution in [2.45, 2.75) is 55.4 Å². The first-order valence-corrected chi connectivity index (χ1v) is 12.7. The van der Waals surface area contributed by atoms with Crippen molar-refractivity contribution in [1.29, 1.82) is 0 Å². The molecule has 2 aromatic carbocycles. The molecule has 2 fully saturated rings. The second kappa shape index (κ2) is 7.32. The van der Waals surface area contributed by atoms with Crippen LogP contribution in [-0.2, 0) is 12.8 Å². The van der Waals surface area contributed by atoms with Crippen molar-refractivity contribution in [2.24, 2.45) is 11.3 Å². The predicted octanol–water partition coefficient (Wildman–Crippen LogP) is 6.65. The Kier molecular flexibility index (Phi) is 4.95. The SMILES string of the molecule is C[C@@]12CCc3cc(O)ccc3[C@H]1CC1(CC2CCc2ccccc2)SCCS1. The van der Waals surface area contributed by atoms with Gasteiger partial charge in [0.15, 0.2) is 0 Å². The molecule has 0 radical (unpaired) electrons. The van der Waals surface area contributed by atoms with Crippen molar-refractivity contribution in [3.8, 4) is 5.75 Å². The van der Waals surface area contributed by atoms with Crippen molar-refractivity contribution in [3.63, 3.8) is 0 Å². The van der Waals surface area contributed by atoms with E-state index in [9.17, 15) is 5.11 Å². The van der Waals surface area contributed by atoms with Gasteiger partial charge < -0.3 is 5.11 Å². The van der Waals surface area contributed by atoms with Crippen LogP contribution in [0.25, 0.3) is 0 Å². The summed E-state index contributed by atoms with van der Waals surface area (Å²) in [5.74, 6) is 4.44. The third kappa shape index (κ3) is 3.29. The lowest BCUT2D eigenvalue weighted by Crippen LogP contribution is -2.47. The van der Waals surface area contributed by atoms with Gasteiger partial charge in [0, 0.05) is 11.5 Å². The van der Waals surface area contributed by atoms with Crippen molar-refractivity contribution in [2.75, 3.05) is 11.5 Å². The minimum atomic E-state index is 0.383. The highest BCUT2D eigenvalue weighted by Gasteiger charge is 2.55. The molecule has 0 aromatic heterocycles. The van der Waals surface area contributed by atoms with Crippen molar-refractivity contribution in [3.05, 3.63) is 65.2 Å². The van der Waals surface area contributed by atoms with E-state index in [0.29, 0.717) is 21.2 Å². The van der Waals surface area contributed by atoms with E-state index in [1.54, 1.807) is 0 Å². The Morgan fingerprint density at radius 2 is 1.82 bits per heavy atom. The number of benzene rings is 2. The fraction of sp³-hybridized carbons (Fsp3) is 0.520. The van der Waals surface area contributed by atoms with Crippen LogP contribution in [-0.4, -0.2) is 20.7 Å². The van der Waals surface area contributed by atoms with Gasteiger partial charge in [-0.15, -0.1) is 23.5 Å². The minimum Gasteiger partial charge on any atom is -0.508 e. The fourth-order valence-electron chi connectivity index (χ4n) is 6.07. The standard InChI is InChI=1S/C25H30OS2/c1-24-12-11-19-15-21(26)9-10-22(19)23(24)17-25(27-13-14-28-25)16-20(24)8-7-18-5-3-2-4-6-18/h2-6,9-10,15,20,23,26H,7-8,11-14,16-17H2,1H3/t20?,23-,24+/m1/s1. The average molecular weight is 411 g/mol. The number of fused-ring (bicyclic) bond motifs is 3. The van der Waals surface area contributed by atoms with Gasteiger partial charge in [-0.25, -0.2) is 0 Å². The molecule has 0 amide bonds. The predicted molar refractivity (Wildman–Crippen MR) is 122 cm³/mol. The second-order valence-corrected chi connectivity index (χ2v) is 12.4. The van der Waals surface area contributed by atoms with Gasteiger partial charge in [-0.3, -0.25) is 0 Å². The zero-order valence-electron chi connectivity index (χ0n) is 16.7. The summed E-state index contributed by atoms with van der Waals surface area (Å²) in [6.07, 6.45) is 7.55. The zero-order chi connectivity index (χ0) is 19.2. The molecule has 28 heavy (non-hydrogen) atoms. The van der Waals surface area contributed by atoms with Crippen molar-refractivity contribution in [1.82, 2.24) is 0 Å². The lowest BCUT2D eigenvalue weighted by molar-refractivity contribution is 0.0577. The Hall–Kier alpha value is -1.06. The van der Waals surface area contributed by atoms with Crippen LogP contribution >= 0.6 is 23.5 Å². The molecular formula is C25H30OS2. The van der Waals surface area contributed by atoms with Gasteiger partial charge in [-0.05, 0) is 84.6 Å². The van der Waals surface area contributed by atoms with E-state index in [-0.39, 0.29) is 0 Å². The molecule has 5 rings (SSSR count). The molecule has 1 aliphatic heterocycles. The summed E-state index contributed by atoms with van der Waals surface area (Å²) in [5, 5.41) is 10.0. The number of phenolic OH excluding ortho intramolecular Hbond substituents is 1. The molecule has 2 aromatic rings. The van der Waals surface area contributed by atoms with Crippen LogP contribution in [0, 0.1) is 11.3 Å². The van der Waals surface area contributed by atoms with Crippen LogP contribution in [0.5, 0.6) is 5.75 Å². The van der Waals surface area contributed by atoms with Gasteiger partial charge >= 0.3 is 0 Å². The number of rotatable bonds is 3. The van der Waals surface area contributed by atoms with Crippen molar-refractivity contribution >= 4 is 23.5 Å². The molecule has 1 nitrogen and oxygen atoms in total. The molecule has 1 spiro atoms. The summed E-state index contributed by atoms with van der Waals surface area (Å²) in [4.78, 5) is 0. The normalized spacial score (nSPS) is 30.8. The van der Waals surface area contributed by atoms with Gasteiger partial charge in [0.05, 0.1) is 4.08 Å². The number of aryl methyl sites for hydroxylation is 2. The first-order chi connectivity index (χ1) is 13.6. The number of hydrogen-bond acceptors (Lipinski definition) is 3. The Balaban J connectivity index is 1.48. The fourth-order valence-corrected chi connectivity index (χ4v) is 9.52. The third-order valence-electron chi connectivity index (χ3n) is 7.67. The molecule has 2 aliphatic carbocycles. The molecule has 1 saturated carbocycles. The number of phenols is 1. The van der Waals surface area contributed by atoms with Crippen LogP contribution in [0.1, 0.15) is 55.2 Å². The molecular weight excluding hydrogens is 380 g/mol. The third-order valence-corrected chi connectivity index (χ3v) is 11.2. The molecule has 0 bridgehead atoms. The molecule has 1 N–H and O–H groups in total. The maximum Gasteiger partial charge on any atom is 0.115 e. The molecule has 148 valence electrons. The topological polar surface area (TPSA) is 20.2 Å². The lowest BCUT2D eigenvalue weighted by Gasteiger charge is -2.56. The largest absolute Gasteiger partial charge is 0.508 e. The average Bonchev–Trinajstić information content (AvgIpc) is 3.16.